The maximum absolute atomic E-state index is 11.7. The van der Waals surface area contributed by atoms with Gasteiger partial charge in [-0.2, -0.15) is 0 Å². The molecule has 0 aromatic heterocycles. The van der Waals surface area contributed by atoms with Crippen molar-refractivity contribution < 1.29 is 13.2 Å². The summed E-state index contributed by atoms with van der Waals surface area (Å²) in [5, 5.41) is 2.77. The van der Waals surface area contributed by atoms with Crippen molar-refractivity contribution in [2.75, 3.05) is 31.6 Å². The fourth-order valence-corrected chi connectivity index (χ4v) is 2.68. The van der Waals surface area contributed by atoms with Crippen LogP contribution >= 0.6 is 0 Å². The molecule has 2 amide bonds. The molecule has 5 nitrogen and oxygen atoms in total. The number of nitrogens with zero attached hydrogens (tertiary/aromatic N) is 1. The molecule has 0 aliphatic carbocycles. The molecule has 6 heteroatoms. The molecule has 1 heterocycles. The van der Waals surface area contributed by atoms with E-state index in [4.69, 9.17) is 0 Å². The fraction of sp³-hybridized carbons (Fsp3) is 0.909. The van der Waals surface area contributed by atoms with Crippen LogP contribution in [0, 0.1) is 5.92 Å². The molecule has 1 N–H and O–H groups in total. The second kappa shape index (κ2) is 6.23. The van der Waals surface area contributed by atoms with Crippen LogP contribution in [0.3, 0.4) is 0 Å². The van der Waals surface area contributed by atoms with Gasteiger partial charge in [0.25, 0.3) is 0 Å². The molecule has 0 aromatic rings. The van der Waals surface area contributed by atoms with Crippen molar-refractivity contribution in [2.45, 2.75) is 26.2 Å². The summed E-state index contributed by atoms with van der Waals surface area (Å²) < 4.78 is 21.8. The summed E-state index contributed by atoms with van der Waals surface area (Å²) in [7, 11) is -2.92. The van der Waals surface area contributed by atoms with E-state index >= 15 is 0 Å². The monoisotopic (exact) mass is 262 g/mol. The number of rotatable bonds is 4. The third-order valence-electron chi connectivity index (χ3n) is 2.91. The van der Waals surface area contributed by atoms with Crippen LogP contribution in [0.2, 0.25) is 0 Å². The molecule has 0 radical (unpaired) electrons. The Bertz CT molecular complexity index is 354. The topological polar surface area (TPSA) is 66.5 Å². The van der Waals surface area contributed by atoms with Gasteiger partial charge in [-0.25, -0.2) is 13.2 Å². The highest BCUT2D eigenvalue weighted by molar-refractivity contribution is 7.90. The van der Waals surface area contributed by atoms with Crippen molar-refractivity contribution in [1.82, 2.24) is 10.2 Å². The van der Waals surface area contributed by atoms with Crippen LogP contribution in [0.25, 0.3) is 0 Å². The SMILES string of the molecule is CC1CCCN(C(=O)NCCCS(C)(=O)=O)C1. The van der Waals surface area contributed by atoms with Crippen molar-refractivity contribution >= 4 is 15.9 Å². The van der Waals surface area contributed by atoms with Gasteiger partial charge in [0.2, 0.25) is 0 Å². The average Bonchev–Trinajstić information content (AvgIpc) is 2.23. The van der Waals surface area contributed by atoms with Gasteiger partial charge in [0.15, 0.2) is 0 Å². The molecule has 1 saturated heterocycles. The molecule has 1 atom stereocenters. The molecular formula is C11H22N2O3S. The second-order valence-electron chi connectivity index (χ2n) is 4.91. The number of sulfone groups is 1. The van der Waals surface area contributed by atoms with Crippen LogP contribution in [-0.2, 0) is 9.84 Å². The predicted octanol–water partition coefficient (Wildman–Crippen LogP) is 0.863. The summed E-state index contributed by atoms with van der Waals surface area (Å²) in [5.74, 6) is 0.689. The second-order valence-corrected chi connectivity index (χ2v) is 7.17. The van der Waals surface area contributed by atoms with Crippen LogP contribution in [0.15, 0.2) is 0 Å². The van der Waals surface area contributed by atoms with Gasteiger partial charge in [-0.05, 0) is 25.2 Å². The molecular weight excluding hydrogens is 240 g/mol. The van der Waals surface area contributed by atoms with Crippen LogP contribution in [0.5, 0.6) is 0 Å². The summed E-state index contributed by atoms with van der Waals surface area (Å²) in [6.45, 7) is 4.18. The first kappa shape index (κ1) is 14.3. The molecule has 1 rings (SSSR count). The lowest BCUT2D eigenvalue weighted by Crippen LogP contribution is -2.45. The Morgan fingerprint density at radius 3 is 2.76 bits per heavy atom. The number of nitrogens with one attached hydrogen (secondary N) is 1. The molecule has 1 aliphatic rings. The molecule has 0 spiro atoms. The Kier molecular flexibility index (Phi) is 5.24. The van der Waals surface area contributed by atoms with Gasteiger partial charge in [0.05, 0.1) is 5.75 Å². The zero-order chi connectivity index (χ0) is 12.9. The van der Waals surface area contributed by atoms with E-state index in [1.54, 1.807) is 0 Å². The minimum absolute atomic E-state index is 0.0648. The Morgan fingerprint density at radius 1 is 1.47 bits per heavy atom. The number of amides is 2. The molecule has 1 unspecified atom stereocenters. The number of carbonyl (C=O) groups excluding carboxylic acids is 1. The number of carbonyl (C=O) groups is 1. The van der Waals surface area contributed by atoms with Gasteiger partial charge in [-0.1, -0.05) is 6.92 Å². The first-order valence-electron chi connectivity index (χ1n) is 6.09. The third-order valence-corrected chi connectivity index (χ3v) is 3.94. The fourth-order valence-electron chi connectivity index (χ4n) is 2.02. The molecule has 100 valence electrons. The highest BCUT2D eigenvalue weighted by Gasteiger charge is 2.20. The van der Waals surface area contributed by atoms with E-state index in [9.17, 15) is 13.2 Å². The predicted molar refractivity (Wildman–Crippen MR) is 67.7 cm³/mol. The van der Waals surface area contributed by atoms with Crippen molar-refractivity contribution in [2.24, 2.45) is 5.92 Å². The van der Waals surface area contributed by atoms with Gasteiger partial charge in [0, 0.05) is 25.9 Å². The van der Waals surface area contributed by atoms with Gasteiger partial charge < -0.3 is 10.2 Å². The lowest BCUT2D eigenvalue weighted by molar-refractivity contribution is 0.170. The normalized spacial score (nSPS) is 21.3. The molecule has 1 fully saturated rings. The van der Waals surface area contributed by atoms with Gasteiger partial charge in [-0.3, -0.25) is 0 Å². The Morgan fingerprint density at radius 2 is 2.18 bits per heavy atom. The summed E-state index contributed by atoms with van der Waals surface area (Å²) in [6.07, 6.45) is 3.92. The zero-order valence-corrected chi connectivity index (χ0v) is 11.4. The van der Waals surface area contributed by atoms with Crippen LogP contribution in [0.4, 0.5) is 4.79 Å². The quantitative estimate of drug-likeness (QED) is 0.764. The van der Waals surface area contributed by atoms with Gasteiger partial charge in [0.1, 0.15) is 9.84 Å². The van der Waals surface area contributed by atoms with E-state index < -0.39 is 9.84 Å². The van der Waals surface area contributed by atoms with Crippen molar-refractivity contribution in [3.63, 3.8) is 0 Å². The lowest BCUT2D eigenvalue weighted by Gasteiger charge is -2.30. The average molecular weight is 262 g/mol. The van der Waals surface area contributed by atoms with E-state index in [2.05, 4.69) is 12.2 Å². The third kappa shape index (κ3) is 5.91. The Labute approximate surface area is 103 Å². The smallest absolute Gasteiger partial charge is 0.317 e. The first-order chi connectivity index (χ1) is 7.88. The van der Waals surface area contributed by atoms with Crippen molar-refractivity contribution in [1.29, 1.82) is 0 Å². The zero-order valence-electron chi connectivity index (χ0n) is 10.6. The highest BCUT2D eigenvalue weighted by atomic mass is 32.2. The molecule has 1 aliphatic heterocycles. The summed E-state index contributed by atoms with van der Waals surface area (Å²) >= 11 is 0. The number of piperidine rings is 1. The van der Waals surface area contributed by atoms with Crippen molar-refractivity contribution in [3.8, 4) is 0 Å². The highest BCUT2D eigenvalue weighted by Crippen LogP contribution is 2.15. The standard InChI is InChI=1S/C11H22N2O3S/c1-10-5-3-7-13(9-10)11(14)12-6-4-8-17(2,15)16/h10H,3-9H2,1-2H3,(H,12,14). The minimum Gasteiger partial charge on any atom is -0.338 e. The molecule has 0 bridgehead atoms. The summed E-state index contributed by atoms with van der Waals surface area (Å²) in [6, 6.07) is -0.0648. The maximum atomic E-state index is 11.7. The number of hydrogen-bond acceptors (Lipinski definition) is 3. The van der Waals surface area contributed by atoms with Gasteiger partial charge >= 0.3 is 6.03 Å². The lowest BCUT2D eigenvalue weighted by atomic mass is 10.0. The van der Waals surface area contributed by atoms with Crippen LogP contribution in [-0.4, -0.2) is 51.0 Å². The largest absolute Gasteiger partial charge is 0.338 e. The Hall–Kier alpha value is -0.780. The van der Waals surface area contributed by atoms with E-state index in [-0.39, 0.29) is 11.8 Å². The number of urea groups is 1. The number of likely N-dealkylation sites (tertiary alicyclic amines) is 1. The van der Waals surface area contributed by atoms with Gasteiger partial charge in [-0.15, -0.1) is 0 Å². The van der Waals surface area contributed by atoms with Crippen LogP contribution < -0.4 is 5.32 Å². The van der Waals surface area contributed by atoms with Crippen LogP contribution in [0.1, 0.15) is 26.2 Å². The molecule has 0 saturated carbocycles. The van der Waals surface area contributed by atoms with E-state index in [1.807, 2.05) is 4.90 Å². The first-order valence-corrected chi connectivity index (χ1v) is 8.15. The molecule has 0 aromatic carbocycles. The van der Waals surface area contributed by atoms with Crippen molar-refractivity contribution in [3.05, 3.63) is 0 Å². The van der Waals surface area contributed by atoms with E-state index in [1.165, 1.54) is 12.7 Å². The summed E-state index contributed by atoms with van der Waals surface area (Å²) in [4.78, 5) is 13.5. The maximum Gasteiger partial charge on any atom is 0.317 e. The number of hydrogen-bond donors (Lipinski definition) is 1. The summed E-state index contributed by atoms with van der Waals surface area (Å²) in [5.41, 5.74) is 0. The minimum atomic E-state index is -2.92. The Balaban J connectivity index is 2.20. The molecule has 17 heavy (non-hydrogen) atoms. The van der Waals surface area contributed by atoms with E-state index in [0.717, 1.165) is 19.5 Å². The van der Waals surface area contributed by atoms with E-state index in [0.29, 0.717) is 18.9 Å².